The van der Waals surface area contributed by atoms with Gasteiger partial charge in [0.25, 0.3) is 0 Å². The fraction of sp³-hybridized carbons (Fsp3) is 0.250. The number of amides is 1. The lowest BCUT2D eigenvalue weighted by Crippen LogP contribution is -2.31. The molecule has 27 heavy (non-hydrogen) atoms. The van der Waals surface area contributed by atoms with Gasteiger partial charge in [0, 0.05) is 28.3 Å². The molecule has 0 spiro atoms. The Labute approximate surface area is 166 Å². The summed E-state index contributed by atoms with van der Waals surface area (Å²) in [6.07, 6.45) is 0.845. The highest BCUT2D eigenvalue weighted by Gasteiger charge is 2.43. The Morgan fingerprint density at radius 2 is 2.04 bits per heavy atom. The summed E-state index contributed by atoms with van der Waals surface area (Å²) in [5.74, 6) is -0.133. The first kappa shape index (κ1) is 18.7. The highest BCUT2D eigenvalue weighted by atomic mass is 35.5. The summed E-state index contributed by atoms with van der Waals surface area (Å²) in [6.45, 7) is 1.24. The van der Waals surface area contributed by atoms with E-state index >= 15 is 0 Å². The molecule has 2 N–H and O–H groups in total. The maximum absolute atomic E-state index is 13.0. The molecule has 1 heterocycles. The van der Waals surface area contributed by atoms with E-state index in [1.54, 1.807) is 17.5 Å². The summed E-state index contributed by atoms with van der Waals surface area (Å²) in [5, 5.41) is 6.07. The lowest BCUT2D eigenvalue weighted by Gasteiger charge is -2.19. The molecule has 0 aliphatic heterocycles. The normalized spacial score (nSPS) is 22.2. The number of fused-ring (bicyclic) bond motifs is 1. The monoisotopic (exact) mass is 419 g/mol. The molecule has 1 fully saturated rings. The first-order valence-corrected chi connectivity index (χ1v) is 12.1. The van der Waals surface area contributed by atoms with Crippen LogP contribution in [0.2, 0.25) is 5.02 Å². The van der Waals surface area contributed by atoms with E-state index in [1.807, 2.05) is 36.4 Å². The van der Waals surface area contributed by atoms with Crippen LogP contribution in [0.25, 0.3) is 10.1 Å². The smallest absolute Gasteiger partial charge is 0.237 e. The Morgan fingerprint density at radius 1 is 1.30 bits per heavy atom. The van der Waals surface area contributed by atoms with Gasteiger partial charge in [0.05, 0.1) is 0 Å². The second kappa shape index (κ2) is 7.06. The zero-order valence-corrected chi connectivity index (χ0v) is 17.1. The molecule has 4 rings (SSSR count). The second-order valence-corrected chi connectivity index (χ2v) is 10.8. The SMILES string of the molecule is CP(=O)(O)C(C(=O)NC1CC1c1ccccc1)c1csc2ccc(Cl)cc12. The van der Waals surface area contributed by atoms with Gasteiger partial charge in [0.2, 0.25) is 13.3 Å². The van der Waals surface area contributed by atoms with Crippen molar-refractivity contribution in [3.63, 3.8) is 0 Å². The molecule has 1 saturated carbocycles. The minimum atomic E-state index is -3.71. The molecular weight excluding hydrogens is 401 g/mol. The number of rotatable bonds is 5. The molecule has 140 valence electrons. The van der Waals surface area contributed by atoms with Gasteiger partial charge in [-0.15, -0.1) is 11.3 Å². The number of thiophene rings is 1. The van der Waals surface area contributed by atoms with Crippen LogP contribution in [0.15, 0.2) is 53.9 Å². The van der Waals surface area contributed by atoms with Gasteiger partial charge >= 0.3 is 0 Å². The number of carbonyl (C=O) groups is 1. The fourth-order valence-corrected chi connectivity index (χ4v) is 6.01. The van der Waals surface area contributed by atoms with Gasteiger partial charge in [0.1, 0.15) is 5.66 Å². The van der Waals surface area contributed by atoms with Crippen LogP contribution in [-0.2, 0) is 9.36 Å². The van der Waals surface area contributed by atoms with Crippen LogP contribution in [0.1, 0.15) is 29.1 Å². The summed E-state index contributed by atoms with van der Waals surface area (Å²) in [5.41, 5.74) is 0.651. The van der Waals surface area contributed by atoms with Crippen LogP contribution in [0.4, 0.5) is 0 Å². The molecule has 4 unspecified atom stereocenters. The van der Waals surface area contributed by atoms with E-state index in [0.717, 1.165) is 16.5 Å². The van der Waals surface area contributed by atoms with E-state index in [2.05, 4.69) is 5.32 Å². The topological polar surface area (TPSA) is 66.4 Å². The van der Waals surface area contributed by atoms with Gasteiger partial charge in [-0.2, -0.15) is 0 Å². The van der Waals surface area contributed by atoms with E-state index in [4.69, 9.17) is 11.6 Å². The molecular formula is C20H19ClNO3PS. The van der Waals surface area contributed by atoms with Crippen molar-refractivity contribution in [2.45, 2.75) is 24.0 Å². The third-order valence-electron chi connectivity index (χ3n) is 4.93. The summed E-state index contributed by atoms with van der Waals surface area (Å²) in [4.78, 5) is 23.3. The molecule has 4 nitrogen and oxygen atoms in total. The molecule has 1 aromatic heterocycles. The van der Waals surface area contributed by atoms with Crippen molar-refractivity contribution in [1.82, 2.24) is 5.32 Å². The highest BCUT2D eigenvalue weighted by Crippen LogP contribution is 2.55. The van der Waals surface area contributed by atoms with Crippen LogP contribution in [-0.4, -0.2) is 23.5 Å². The molecule has 0 radical (unpaired) electrons. The van der Waals surface area contributed by atoms with Crippen molar-refractivity contribution in [2.75, 3.05) is 6.66 Å². The van der Waals surface area contributed by atoms with E-state index < -0.39 is 18.9 Å². The van der Waals surface area contributed by atoms with Gasteiger partial charge in [-0.05, 0) is 46.5 Å². The van der Waals surface area contributed by atoms with Crippen LogP contribution in [0.5, 0.6) is 0 Å². The second-order valence-electron chi connectivity index (χ2n) is 7.05. The zero-order chi connectivity index (χ0) is 19.2. The van der Waals surface area contributed by atoms with Crippen molar-refractivity contribution in [2.24, 2.45) is 0 Å². The fourth-order valence-electron chi connectivity index (χ4n) is 3.53. The van der Waals surface area contributed by atoms with E-state index in [-0.39, 0.29) is 12.0 Å². The number of carbonyl (C=O) groups excluding carboxylic acids is 1. The summed E-state index contributed by atoms with van der Waals surface area (Å²) in [7, 11) is -3.71. The van der Waals surface area contributed by atoms with Crippen LogP contribution >= 0.6 is 30.3 Å². The number of benzene rings is 2. The van der Waals surface area contributed by atoms with Crippen molar-refractivity contribution >= 4 is 46.3 Å². The molecule has 1 aliphatic rings. The van der Waals surface area contributed by atoms with E-state index in [1.165, 1.54) is 23.6 Å². The Balaban J connectivity index is 1.60. The summed E-state index contributed by atoms with van der Waals surface area (Å²) in [6, 6.07) is 15.4. The number of nitrogens with one attached hydrogen (secondary N) is 1. The molecule has 0 bridgehead atoms. The molecule has 4 atom stereocenters. The molecule has 1 amide bonds. The van der Waals surface area contributed by atoms with Crippen LogP contribution in [0, 0.1) is 0 Å². The molecule has 7 heteroatoms. The lowest BCUT2D eigenvalue weighted by molar-refractivity contribution is -0.121. The van der Waals surface area contributed by atoms with Gasteiger partial charge in [0.15, 0.2) is 0 Å². The van der Waals surface area contributed by atoms with Crippen LogP contribution < -0.4 is 5.32 Å². The van der Waals surface area contributed by atoms with Gasteiger partial charge < -0.3 is 10.2 Å². The molecule has 1 aliphatic carbocycles. The average Bonchev–Trinajstić information content (AvgIpc) is 3.27. The third-order valence-corrected chi connectivity index (χ3v) is 7.62. The quantitative estimate of drug-likeness (QED) is 0.561. The minimum Gasteiger partial charge on any atom is -0.352 e. The predicted molar refractivity (Wildman–Crippen MR) is 111 cm³/mol. The van der Waals surface area contributed by atoms with E-state index in [9.17, 15) is 14.3 Å². The maximum atomic E-state index is 13.0. The van der Waals surface area contributed by atoms with E-state index in [0.29, 0.717) is 10.6 Å². The number of halogens is 1. The summed E-state index contributed by atoms with van der Waals surface area (Å²) < 4.78 is 13.5. The first-order valence-electron chi connectivity index (χ1n) is 8.66. The standard InChI is InChI=1S/C20H19ClNO3PS/c1-26(24,25)19(16-11-27-18-8-7-13(21)9-15(16)18)20(23)22-17-10-14(17)12-5-3-2-4-6-12/h2-9,11,14,17,19H,10H2,1H3,(H,22,23)(H,24,25). The van der Waals surface area contributed by atoms with Crippen molar-refractivity contribution in [3.05, 3.63) is 70.1 Å². The number of hydrogen-bond donors (Lipinski definition) is 2. The summed E-state index contributed by atoms with van der Waals surface area (Å²) >= 11 is 7.55. The maximum Gasteiger partial charge on any atom is 0.237 e. The van der Waals surface area contributed by atoms with Crippen molar-refractivity contribution in [1.29, 1.82) is 0 Å². The molecule has 0 saturated heterocycles. The largest absolute Gasteiger partial charge is 0.352 e. The van der Waals surface area contributed by atoms with Gasteiger partial charge in [-0.25, -0.2) is 0 Å². The van der Waals surface area contributed by atoms with Gasteiger partial charge in [-0.1, -0.05) is 41.9 Å². The Bertz CT molecular complexity index is 1050. The molecule has 3 aromatic rings. The van der Waals surface area contributed by atoms with Crippen molar-refractivity contribution in [3.8, 4) is 0 Å². The molecule has 2 aromatic carbocycles. The average molecular weight is 420 g/mol. The highest BCUT2D eigenvalue weighted by molar-refractivity contribution is 7.58. The number of hydrogen-bond acceptors (Lipinski definition) is 3. The predicted octanol–water partition coefficient (Wildman–Crippen LogP) is 5.17. The van der Waals surface area contributed by atoms with Crippen LogP contribution in [0.3, 0.4) is 0 Å². The Morgan fingerprint density at radius 3 is 2.74 bits per heavy atom. The zero-order valence-electron chi connectivity index (χ0n) is 14.6. The Kier molecular flexibility index (Phi) is 4.89. The van der Waals surface area contributed by atoms with Gasteiger partial charge in [-0.3, -0.25) is 9.36 Å². The third kappa shape index (κ3) is 3.83. The minimum absolute atomic E-state index is 0.00226. The lowest BCUT2D eigenvalue weighted by atomic mass is 10.1. The van der Waals surface area contributed by atoms with Crippen molar-refractivity contribution < 1.29 is 14.3 Å². The Hall–Kier alpha value is -1.65. The first-order chi connectivity index (χ1) is 12.8.